The molecule has 5 nitrogen and oxygen atoms in total. The van der Waals surface area contributed by atoms with Crippen LogP contribution < -0.4 is 5.56 Å². The first-order valence-corrected chi connectivity index (χ1v) is 7.35. The number of imidazole rings is 1. The number of fused-ring (bicyclic) bond motifs is 1. The average molecular weight is 280 g/mol. The molecule has 0 spiro atoms. The van der Waals surface area contributed by atoms with Crippen LogP contribution in [0.4, 0.5) is 0 Å². The number of hydrogen-bond acceptors (Lipinski definition) is 3. The number of hydrogen-bond donors (Lipinski definition) is 0. The maximum absolute atomic E-state index is 12.2. The van der Waals surface area contributed by atoms with E-state index in [0.29, 0.717) is 12.0 Å². The Hall–Kier alpha value is -2.43. The SMILES string of the molecule is O=c1ccccn1-c1nc2cccnc2n1C1CCCC1. The highest BCUT2D eigenvalue weighted by Gasteiger charge is 2.24. The molecule has 1 fully saturated rings. The molecule has 5 heteroatoms. The van der Waals surface area contributed by atoms with Gasteiger partial charge in [0.05, 0.1) is 0 Å². The van der Waals surface area contributed by atoms with Gasteiger partial charge in [-0.1, -0.05) is 18.9 Å². The zero-order valence-corrected chi connectivity index (χ0v) is 11.6. The number of nitrogens with zero attached hydrogens (tertiary/aromatic N) is 4. The Morgan fingerprint density at radius 3 is 2.76 bits per heavy atom. The van der Waals surface area contributed by atoms with Crippen molar-refractivity contribution in [3.05, 3.63) is 53.1 Å². The first-order chi connectivity index (χ1) is 10.3. The van der Waals surface area contributed by atoms with E-state index in [0.717, 1.165) is 24.0 Å². The average Bonchev–Trinajstić information content (AvgIpc) is 3.14. The molecule has 3 heterocycles. The summed E-state index contributed by atoms with van der Waals surface area (Å²) in [6.45, 7) is 0. The van der Waals surface area contributed by atoms with Gasteiger partial charge in [-0.2, -0.15) is 0 Å². The van der Waals surface area contributed by atoms with Gasteiger partial charge in [0.2, 0.25) is 5.95 Å². The maximum Gasteiger partial charge on any atom is 0.257 e. The summed E-state index contributed by atoms with van der Waals surface area (Å²) in [4.78, 5) is 21.3. The largest absolute Gasteiger partial charge is 0.291 e. The highest BCUT2D eigenvalue weighted by atomic mass is 16.1. The zero-order chi connectivity index (χ0) is 14.2. The van der Waals surface area contributed by atoms with Crippen molar-refractivity contribution in [2.75, 3.05) is 0 Å². The van der Waals surface area contributed by atoms with Gasteiger partial charge in [0.25, 0.3) is 5.56 Å². The Labute approximate surface area is 121 Å². The number of aromatic nitrogens is 4. The molecule has 0 aliphatic heterocycles. The summed E-state index contributed by atoms with van der Waals surface area (Å²) in [7, 11) is 0. The molecule has 0 unspecified atom stereocenters. The third-order valence-electron chi connectivity index (χ3n) is 4.16. The second-order valence-electron chi connectivity index (χ2n) is 5.48. The van der Waals surface area contributed by atoms with Crippen molar-refractivity contribution in [3.8, 4) is 5.95 Å². The molecule has 0 radical (unpaired) electrons. The number of rotatable bonds is 2. The van der Waals surface area contributed by atoms with Gasteiger partial charge < -0.3 is 0 Å². The minimum Gasteiger partial charge on any atom is -0.291 e. The summed E-state index contributed by atoms with van der Waals surface area (Å²) in [6, 6.07) is 9.38. The van der Waals surface area contributed by atoms with Crippen LogP contribution in [0.25, 0.3) is 17.1 Å². The van der Waals surface area contributed by atoms with Gasteiger partial charge in [-0.15, -0.1) is 0 Å². The van der Waals surface area contributed by atoms with Crippen LogP contribution >= 0.6 is 0 Å². The molecule has 0 atom stereocenters. The molecule has 21 heavy (non-hydrogen) atoms. The molecule has 106 valence electrons. The second-order valence-corrected chi connectivity index (χ2v) is 5.48. The van der Waals surface area contributed by atoms with Crippen LogP contribution in [-0.4, -0.2) is 19.1 Å². The van der Waals surface area contributed by atoms with Gasteiger partial charge in [-0.3, -0.25) is 13.9 Å². The van der Waals surface area contributed by atoms with Crippen LogP contribution in [0.3, 0.4) is 0 Å². The first-order valence-electron chi connectivity index (χ1n) is 7.35. The third-order valence-corrected chi connectivity index (χ3v) is 4.16. The highest BCUT2D eigenvalue weighted by molar-refractivity contribution is 5.73. The van der Waals surface area contributed by atoms with Crippen molar-refractivity contribution in [3.63, 3.8) is 0 Å². The highest BCUT2D eigenvalue weighted by Crippen LogP contribution is 2.33. The van der Waals surface area contributed by atoms with Crippen LogP contribution in [0.1, 0.15) is 31.7 Å². The zero-order valence-electron chi connectivity index (χ0n) is 11.6. The lowest BCUT2D eigenvalue weighted by molar-refractivity contribution is 0.517. The predicted octanol–water partition coefficient (Wildman–Crippen LogP) is 2.70. The predicted molar refractivity (Wildman–Crippen MR) is 80.6 cm³/mol. The smallest absolute Gasteiger partial charge is 0.257 e. The molecular formula is C16H16N4O. The van der Waals surface area contributed by atoms with E-state index in [9.17, 15) is 4.79 Å². The summed E-state index contributed by atoms with van der Waals surface area (Å²) in [5.74, 6) is 0.682. The van der Waals surface area contributed by atoms with Crippen molar-refractivity contribution in [2.45, 2.75) is 31.7 Å². The first kappa shape index (κ1) is 12.3. The van der Waals surface area contributed by atoms with E-state index in [1.165, 1.54) is 12.8 Å². The maximum atomic E-state index is 12.2. The van der Waals surface area contributed by atoms with Crippen LogP contribution in [0, 0.1) is 0 Å². The van der Waals surface area contributed by atoms with Crippen molar-refractivity contribution in [1.29, 1.82) is 0 Å². The molecule has 0 aromatic carbocycles. The van der Waals surface area contributed by atoms with Crippen molar-refractivity contribution < 1.29 is 0 Å². The van der Waals surface area contributed by atoms with Crippen molar-refractivity contribution in [2.24, 2.45) is 0 Å². The van der Waals surface area contributed by atoms with E-state index in [1.54, 1.807) is 29.1 Å². The minimum atomic E-state index is -0.0629. The molecule has 1 aliphatic rings. The molecule has 1 saturated carbocycles. The van der Waals surface area contributed by atoms with Gasteiger partial charge in [0, 0.05) is 24.5 Å². The van der Waals surface area contributed by atoms with E-state index in [1.807, 2.05) is 18.2 Å². The Kier molecular flexibility index (Phi) is 2.84. The molecule has 4 rings (SSSR count). The van der Waals surface area contributed by atoms with E-state index in [-0.39, 0.29) is 5.56 Å². The van der Waals surface area contributed by atoms with Gasteiger partial charge in [-0.05, 0) is 31.0 Å². The second kappa shape index (κ2) is 4.84. The van der Waals surface area contributed by atoms with Crippen molar-refractivity contribution >= 4 is 11.2 Å². The molecule has 1 aliphatic carbocycles. The fraction of sp³-hybridized carbons (Fsp3) is 0.312. The minimum absolute atomic E-state index is 0.0629. The molecule has 0 N–H and O–H groups in total. The molecule has 3 aromatic rings. The van der Waals surface area contributed by atoms with Crippen molar-refractivity contribution in [1.82, 2.24) is 19.1 Å². The fourth-order valence-electron chi connectivity index (χ4n) is 3.18. The lowest BCUT2D eigenvalue weighted by atomic mass is 10.2. The molecule has 0 bridgehead atoms. The summed E-state index contributed by atoms with van der Waals surface area (Å²) < 4.78 is 3.75. The Balaban J connectivity index is 2.02. The summed E-state index contributed by atoms with van der Waals surface area (Å²) in [6.07, 6.45) is 8.25. The van der Waals surface area contributed by atoms with E-state index < -0.39 is 0 Å². The topological polar surface area (TPSA) is 52.7 Å². The van der Waals surface area contributed by atoms with Crippen LogP contribution in [0.15, 0.2) is 47.5 Å². The lowest BCUT2D eigenvalue weighted by Crippen LogP contribution is -2.21. The molecule has 0 amide bonds. The van der Waals surface area contributed by atoms with E-state index in [2.05, 4.69) is 14.5 Å². The van der Waals surface area contributed by atoms with Crippen LogP contribution in [0.2, 0.25) is 0 Å². The monoisotopic (exact) mass is 280 g/mol. The quantitative estimate of drug-likeness (QED) is 0.725. The van der Waals surface area contributed by atoms with Gasteiger partial charge >= 0.3 is 0 Å². The van der Waals surface area contributed by atoms with Gasteiger partial charge in [0.15, 0.2) is 5.65 Å². The van der Waals surface area contributed by atoms with E-state index >= 15 is 0 Å². The Morgan fingerprint density at radius 1 is 1.10 bits per heavy atom. The fourth-order valence-corrected chi connectivity index (χ4v) is 3.18. The molecular weight excluding hydrogens is 264 g/mol. The summed E-state index contributed by atoms with van der Waals surface area (Å²) in [5.41, 5.74) is 1.65. The molecule has 0 saturated heterocycles. The summed E-state index contributed by atoms with van der Waals surface area (Å²) >= 11 is 0. The third kappa shape index (κ3) is 1.96. The lowest BCUT2D eigenvalue weighted by Gasteiger charge is -2.16. The normalized spacial score (nSPS) is 15.8. The summed E-state index contributed by atoms with van der Waals surface area (Å²) in [5, 5.41) is 0. The standard InChI is InChI=1S/C16H16N4O/c21-14-9-3-4-11-19(14)16-18-13-8-5-10-17-15(13)20(16)12-6-1-2-7-12/h3-5,8-12H,1-2,6-7H2. The van der Waals surface area contributed by atoms with E-state index in [4.69, 9.17) is 0 Å². The van der Waals surface area contributed by atoms with Crippen LogP contribution in [-0.2, 0) is 0 Å². The van der Waals surface area contributed by atoms with Gasteiger partial charge in [-0.25, -0.2) is 9.97 Å². The molecule has 3 aromatic heterocycles. The Morgan fingerprint density at radius 2 is 1.95 bits per heavy atom. The number of pyridine rings is 2. The van der Waals surface area contributed by atoms with Gasteiger partial charge in [0.1, 0.15) is 5.52 Å². The van der Waals surface area contributed by atoms with Crippen LogP contribution in [0.5, 0.6) is 0 Å². The Bertz CT molecular complexity index is 843.